The largest absolute Gasteiger partial charge is 0.238 e. The summed E-state index contributed by atoms with van der Waals surface area (Å²) in [5.74, 6) is -0.429. The number of aromatic nitrogens is 2. The SMILES string of the molecule is N#Cc1cc(F)ccc1-n1cc(Br)cn1. The average Bonchev–Trinajstić information content (AvgIpc) is 2.64. The van der Waals surface area contributed by atoms with Crippen LogP contribution >= 0.6 is 15.9 Å². The highest BCUT2D eigenvalue weighted by Gasteiger charge is 2.06. The Hall–Kier alpha value is -1.67. The van der Waals surface area contributed by atoms with E-state index in [1.54, 1.807) is 12.4 Å². The van der Waals surface area contributed by atoms with Gasteiger partial charge >= 0.3 is 0 Å². The van der Waals surface area contributed by atoms with Gasteiger partial charge in [0.15, 0.2) is 0 Å². The van der Waals surface area contributed by atoms with Crippen LogP contribution in [-0.2, 0) is 0 Å². The molecule has 2 rings (SSSR count). The van der Waals surface area contributed by atoms with Gasteiger partial charge in [0.05, 0.1) is 21.9 Å². The fraction of sp³-hybridized carbons (Fsp3) is 0. The van der Waals surface area contributed by atoms with E-state index in [1.165, 1.54) is 22.9 Å². The normalized spacial score (nSPS) is 9.93. The van der Waals surface area contributed by atoms with Gasteiger partial charge < -0.3 is 0 Å². The molecule has 2 aromatic rings. The van der Waals surface area contributed by atoms with Crippen molar-refractivity contribution in [3.05, 3.63) is 46.4 Å². The highest BCUT2D eigenvalue weighted by Crippen LogP contribution is 2.17. The van der Waals surface area contributed by atoms with E-state index in [1.807, 2.05) is 6.07 Å². The number of halogens is 2. The van der Waals surface area contributed by atoms with Crippen molar-refractivity contribution in [3.63, 3.8) is 0 Å². The van der Waals surface area contributed by atoms with Crippen LogP contribution in [0.2, 0.25) is 0 Å². The van der Waals surface area contributed by atoms with Crippen molar-refractivity contribution < 1.29 is 4.39 Å². The third kappa shape index (κ3) is 1.90. The van der Waals surface area contributed by atoms with Gasteiger partial charge in [-0.2, -0.15) is 10.4 Å². The molecular weight excluding hydrogens is 261 g/mol. The number of hydrogen-bond donors (Lipinski definition) is 0. The predicted molar refractivity (Wildman–Crippen MR) is 55.9 cm³/mol. The topological polar surface area (TPSA) is 41.6 Å². The number of benzene rings is 1. The van der Waals surface area contributed by atoms with Gasteiger partial charge in [0.25, 0.3) is 0 Å². The van der Waals surface area contributed by atoms with Gasteiger partial charge in [-0.05, 0) is 34.1 Å². The molecule has 0 spiro atoms. The molecule has 3 nitrogen and oxygen atoms in total. The third-order valence-corrected chi connectivity index (χ3v) is 2.29. The molecule has 0 unspecified atom stereocenters. The lowest BCUT2D eigenvalue weighted by atomic mass is 10.2. The molecule has 0 aliphatic carbocycles. The molecule has 74 valence electrons. The van der Waals surface area contributed by atoms with Gasteiger partial charge in [-0.15, -0.1) is 0 Å². The van der Waals surface area contributed by atoms with Gasteiger partial charge in [-0.25, -0.2) is 9.07 Å². The minimum atomic E-state index is -0.429. The number of hydrogen-bond acceptors (Lipinski definition) is 2. The molecule has 1 aromatic heterocycles. The molecule has 0 fully saturated rings. The minimum Gasteiger partial charge on any atom is -0.238 e. The lowest BCUT2D eigenvalue weighted by Crippen LogP contribution is -1.98. The maximum atomic E-state index is 12.9. The molecule has 5 heteroatoms. The Morgan fingerprint density at radius 1 is 1.47 bits per heavy atom. The Morgan fingerprint density at radius 2 is 2.27 bits per heavy atom. The lowest BCUT2D eigenvalue weighted by Gasteiger charge is -2.02. The number of rotatable bonds is 1. The van der Waals surface area contributed by atoms with Gasteiger partial charge in [0.2, 0.25) is 0 Å². The summed E-state index contributed by atoms with van der Waals surface area (Å²) in [5.41, 5.74) is 0.815. The molecule has 1 heterocycles. The molecule has 15 heavy (non-hydrogen) atoms. The molecule has 0 radical (unpaired) electrons. The van der Waals surface area contributed by atoms with Gasteiger partial charge in [-0.1, -0.05) is 0 Å². The second kappa shape index (κ2) is 3.83. The standard InChI is InChI=1S/C10H5BrFN3/c11-8-5-14-15(6-8)10-2-1-9(12)3-7(10)4-13/h1-3,5-6H. The molecular formula is C10H5BrFN3. The Labute approximate surface area is 93.9 Å². The summed E-state index contributed by atoms with van der Waals surface area (Å²) in [6, 6.07) is 5.93. The fourth-order valence-corrected chi connectivity index (χ4v) is 1.52. The van der Waals surface area contributed by atoms with Crippen LogP contribution in [-0.4, -0.2) is 9.78 Å². The summed E-state index contributed by atoms with van der Waals surface area (Å²) in [6.45, 7) is 0. The zero-order valence-corrected chi connectivity index (χ0v) is 9.07. The van der Waals surface area contributed by atoms with Crippen LogP contribution in [0.1, 0.15) is 5.56 Å². The molecule has 0 bridgehead atoms. The van der Waals surface area contributed by atoms with Gasteiger partial charge in [0.1, 0.15) is 11.9 Å². The Bertz CT molecular complexity index is 542. The Balaban J connectivity index is 2.58. The van der Waals surface area contributed by atoms with Crippen LogP contribution in [0.25, 0.3) is 5.69 Å². The maximum absolute atomic E-state index is 12.9. The quantitative estimate of drug-likeness (QED) is 0.796. The van der Waals surface area contributed by atoms with E-state index in [0.29, 0.717) is 5.69 Å². The summed E-state index contributed by atoms with van der Waals surface area (Å²) in [4.78, 5) is 0. The molecule has 0 amide bonds. The summed E-state index contributed by atoms with van der Waals surface area (Å²) in [7, 11) is 0. The van der Waals surface area contributed by atoms with E-state index in [4.69, 9.17) is 5.26 Å². The van der Waals surface area contributed by atoms with Crippen LogP contribution in [0.5, 0.6) is 0 Å². The van der Waals surface area contributed by atoms with Crippen molar-refractivity contribution >= 4 is 15.9 Å². The van der Waals surface area contributed by atoms with E-state index in [9.17, 15) is 4.39 Å². The van der Waals surface area contributed by atoms with Crippen LogP contribution in [0, 0.1) is 17.1 Å². The van der Waals surface area contributed by atoms with E-state index in [-0.39, 0.29) is 5.56 Å². The third-order valence-electron chi connectivity index (χ3n) is 1.88. The van der Waals surface area contributed by atoms with Crippen molar-refractivity contribution in [1.29, 1.82) is 5.26 Å². The van der Waals surface area contributed by atoms with Crippen molar-refractivity contribution in [3.8, 4) is 11.8 Å². The summed E-state index contributed by atoms with van der Waals surface area (Å²) >= 11 is 3.25. The molecule has 0 aliphatic heterocycles. The van der Waals surface area contributed by atoms with Crippen molar-refractivity contribution in [2.45, 2.75) is 0 Å². The number of nitrogens with zero attached hydrogens (tertiary/aromatic N) is 3. The van der Waals surface area contributed by atoms with Crippen molar-refractivity contribution in [2.24, 2.45) is 0 Å². The average molecular weight is 266 g/mol. The van der Waals surface area contributed by atoms with Crippen LogP contribution in [0.4, 0.5) is 4.39 Å². The maximum Gasteiger partial charge on any atom is 0.124 e. The summed E-state index contributed by atoms with van der Waals surface area (Å²) in [5, 5.41) is 12.9. The van der Waals surface area contributed by atoms with E-state index >= 15 is 0 Å². The van der Waals surface area contributed by atoms with Crippen LogP contribution in [0.15, 0.2) is 35.1 Å². The summed E-state index contributed by atoms with van der Waals surface area (Å²) < 4.78 is 15.2. The first-order valence-electron chi connectivity index (χ1n) is 4.11. The second-order valence-electron chi connectivity index (χ2n) is 2.88. The lowest BCUT2D eigenvalue weighted by molar-refractivity contribution is 0.626. The summed E-state index contributed by atoms with van der Waals surface area (Å²) in [6.07, 6.45) is 3.30. The molecule has 0 aliphatic rings. The minimum absolute atomic E-state index is 0.255. The Kier molecular flexibility index (Phi) is 2.52. The highest BCUT2D eigenvalue weighted by atomic mass is 79.9. The molecule has 0 saturated carbocycles. The van der Waals surface area contributed by atoms with Crippen molar-refractivity contribution in [2.75, 3.05) is 0 Å². The zero-order chi connectivity index (χ0) is 10.8. The molecule has 0 atom stereocenters. The van der Waals surface area contributed by atoms with Crippen LogP contribution < -0.4 is 0 Å². The first kappa shape index (κ1) is 9.87. The van der Waals surface area contributed by atoms with Crippen LogP contribution in [0.3, 0.4) is 0 Å². The van der Waals surface area contributed by atoms with E-state index in [0.717, 1.165) is 4.47 Å². The van der Waals surface area contributed by atoms with Gasteiger partial charge in [-0.3, -0.25) is 0 Å². The second-order valence-corrected chi connectivity index (χ2v) is 3.79. The smallest absolute Gasteiger partial charge is 0.124 e. The van der Waals surface area contributed by atoms with E-state index < -0.39 is 5.82 Å². The van der Waals surface area contributed by atoms with Gasteiger partial charge in [0, 0.05) is 6.20 Å². The molecule has 1 aromatic carbocycles. The zero-order valence-electron chi connectivity index (χ0n) is 7.48. The Morgan fingerprint density at radius 3 is 2.87 bits per heavy atom. The van der Waals surface area contributed by atoms with E-state index in [2.05, 4.69) is 21.0 Å². The first-order valence-corrected chi connectivity index (χ1v) is 4.90. The number of nitriles is 1. The molecule has 0 saturated heterocycles. The fourth-order valence-electron chi connectivity index (χ4n) is 1.23. The molecule has 0 N–H and O–H groups in total. The predicted octanol–water partition coefficient (Wildman–Crippen LogP) is 2.65. The monoisotopic (exact) mass is 265 g/mol. The first-order chi connectivity index (χ1) is 7.20. The van der Waals surface area contributed by atoms with Crippen molar-refractivity contribution in [1.82, 2.24) is 9.78 Å². The highest BCUT2D eigenvalue weighted by molar-refractivity contribution is 9.10.